The normalized spacial score (nSPS) is 10.1. The Hall–Kier alpha value is -2.01. The van der Waals surface area contributed by atoms with Crippen molar-refractivity contribution in [2.75, 3.05) is 26.8 Å². The molecule has 0 bridgehead atoms. The van der Waals surface area contributed by atoms with Crippen molar-refractivity contribution in [1.82, 2.24) is 10.6 Å². The molecule has 0 aliphatic carbocycles. The summed E-state index contributed by atoms with van der Waals surface area (Å²) in [5.41, 5.74) is 1.97. The number of hydrogen-bond donors (Lipinski definition) is 2. The molecule has 22 heavy (non-hydrogen) atoms. The fourth-order valence-corrected chi connectivity index (χ4v) is 1.79. The number of rotatable bonds is 10. The van der Waals surface area contributed by atoms with Crippen molar-refractivity contribution in [2.45, 2.75) is 26.8 Å². The third-order valence-corrected chi connectivity index (χ3v) is 2.89. The number of hydrogen-bond acceptors (Lipinski definition) is 4. The van der Waals surface area contributed by atoms with Gasteiger partial charge in [-0.15, -0.1) is 0 Å². The molecule has 2 N–H and O–H groups in total. The second kappa shape index (κ2) is 9.84. The van der Waals surface area contributed by atoms with Gasteiger partial charge in [0.25, 0.3) is 0 Å². The predicted molar refractivity (Wildman–Crippen MR) is 88.3 cm³/mol. The molecular formula is C17H26N2O3. The van der Waals surface area contributed by atoms with Crippen molar-refractivity contribution < 1.29 is 14.3 Å². The van der Waals surface area contributed by atoms with E-state index in [2.05, 4.69) is 17.2 Å². The molecule has 0 fully saturated rings. The lowest BCUT2D eigenvalue weighted by Crippen LogP contribution is -2.33. The molecule has 5 heteroatoms. The Bertz CT molecular complexity index is 501. The van der Waals surface area contributed by atoms with Crippen LogP contribution in [-0.2, 0) is 11.3 Å². The molecule has 0 atom stereocenters. The first kappa shape index (κ1) is 18.0. The molecule has 0 saturated carbocycles. The van der Waals surface area contributed by atoms with Crippen LogP contribution in [0.5, 0.6) is 11.5 Å². The van der Waals surface area contributed by atoms with E-state index in [1.165, 1.54) is 0 Å². The minimum Gasteiger partial charge on any atom is -0.493 e. The molecule has 1 amide bonds. The highest BCUT2D eigenvalue weighted by Crippen LogP contribution is 2.28. The van der Waals surface area contributed by atoms with Crippen molar-refractivity contribution in [3.05, 3.63) is 35.9 Å². The number of carbonyl (C=O) groups excluding carboxylic acids is 1. The highest BCUT2D eigenvalue weighted by Gasteiger charge is 2.06. The Kier molecular flexibility index (Phi) is 8.07. The average molecular weight is 306 g/mol. The van der Waals surface area contributed by atoms with Gasteiger partial charge in [-0.25, -0.2) is 0 Å². The molecule has 0 saturated heterocycles. The maximum atomic E-state index is 11.5. The van der Waals surface area contributed by atoms with Gasteiger partial charge in [-0.1, -0.05) is 19.6 Å². The minimum absolute atomic E-state index is 0.00844. The summed E-state index contributed by atoms with van der Waals surface area (Å²) in [6.07, 6.45) is 0.938. The molecular weight excluding hydrogens is 280 g/mol. The van der Waals surface area contributed by atoms with Crippen molar-refractivity contribution in [2.24, 2.45) is 0 Å². The summed E-state index contributed by atoms with van der Waals surface area (Å²) < 4.78 is 11.0. The summed E-state index contributed by atoms with van der Waals surface area (Å²) in [5, 5.41) is 5.94. The van der Waals surface area contributed by atoms with Crippen LogP contribution in [-0.4, -0.2) is 32.7 Å². The molecule has 0 unspecified atom stereocenters. The summed E-state index contributed by atoms with van der Waals surface area (Å²) in [4.78, 5) is 11.5. The smallest absolute Gasteiger partial charge is 0.233 e. The van der Waals surface area contributed by atoms with Crippen LogP contribution in [0.2, 0.25) is 0 Å². The first-order valence-corrected chi connectivity index (χ1v) is 7.48. The van der Waals surface area contributed by atoms with Crippen LogP contribution in [0.4, 0.5) is 0 Å². The molecule has 1 aromatic carbocycles. The standard InChI is InChI=1S/C17H26N2O3/c1-5-8-19-17(20)11-18-10-14-6-7-15(21-4)16(9-14)22-12-13(2)3/h6-7,9,18H,2,5,8,10-12H2,1,3-4H3,(H,19,20). The third kappa shape index (κ3) is 6.63. The van der Waals surface area contributed by atoms with Crippen molar-refractivity contribution in [3.63, 3.8) is 0 Å². The van der Waals surface area contributed by atoms with Gasteiger partial charge in [-0.05, 0) is 36.6 Å². The van der Waals surface area contributed by atoms with E-state index >= 15 is 0 Å². The monoisotopic (exact) mass is 306 g/mol. The zero-order chi connectivity index (χ0) is 16.4. The van der Waals surface area contributed by atoms with Gasteiger partial charge >= 0.3 is 0 Å². The highest BCUT2D eigenvalue weighted by molar-refractivity contribution is 5.77. The zero-order valence-corrected chi connectivity index (χ0v) is 13.7. The Morgan fingerprint density at radius 3 is 2.73 bits per heavy atom. The zero-order valence-electron chi connectivity index (χ0n) is 13.7. The highest BCUT2D eigenvalue weighted by atomic mass is 16.5. The van der Waals surface area contributed by atoms with Crippen LogP contribution in [0.1, 0.15) is 25.8 Å². The predicted octanol–water partition coefficient (Wildman–Crippen LogP) is 2.27. The van der Waals surface area contributed by atoms with Crippen molar-refractivity contribution >= 4 is 5.91 Å². The van der Waals surface area contributed by atoms with Crippen LogP contribution >= 0.6 is 0 Å². The molecule has 5 nitrogen and oxygen atoms in total. The quantitative estimate of drug-likeness (QED) is 0.651. The molecule has 0 aromatic heterocycles. The van der Waals surface area contributed by atoms with E-state index in [0.29, 0.717) is 37.7 Å². The molecule has 1 rings (SSSR count). The van der Waals surface area contributed by atoms with Gasteiger partial charge < -0.3 is 20.1 Å². The minimum atomic E-state index is 0.00844. The SMILES string of the molecule is C=C(C)COc1cc(CNCC(=O)NCCC)ccc1OC. The fourth-order valence-electron chi connectivity index (χ4n) is 1.79. The number of carbonyl (C=O) groups is 1. The Balaban J connectivity index is 2.54. The Labute approximate surface area is 132 Å². The van der Waals surface area contributed by atoms with E-state index in [1.54, 1.807) is 7.11 Å². The molecule has 0 spiro atoms. The maximum Gasteiger partial charge on any atom is 0.233 e. The summed E-state index contributed by atoms with van der Waals surface area (Å²) in [6, 6.07) is 5.73. The molecule has 0 aliphatic heterocycles. The topological polar surface area (TPSA) is 59.6 Å². The lowest BCUT2D eigenvalue weighted by atomic mass is 10.2. The summed E-state index contributed by atoms with van der Waals surface area (Å²) in [6.45, 7) is 9.81. The fraction of sp³-hybridized carbons (Fsp3) is 0.471. The average Bonchev–Trinajstić information content (AvgIpc) is 2.51. The van der Waals surface area contributed by atoms with Crippen LogP contribution < -0.4 is 20.1 Å². The van der Waals surface area contributed by atoms with E-state index in [0.717, 1.165) is 17.6 Å². The maximum absolute atomic E-state index is 11.5. The van der Waals surface area contributed by atoms with Gasteiger partial charge in [0.15, 0.2) is 11.5 Å². The van der Waals surface area contributed by atoms with Gasteiger partial charge in [0.05, 0.1) is 13.7 Å². The Morgan fingerprint density at radius 1 is 1.32 bits per heavy atom. The molecule has 122 valence electrons. The summed E-state index contributed by atoms with van der Waals surface area (Å²) in [5.74, 6) is 1.38. The van der Waals surface area contributed by atoms with E-state index in [9.17, 15) is 4.79 Å². The van der Waals surface area contributed by atoms with Crippen molar-refractivity contribution in [3.8, 4) is 11.5 Å². The van der Waals surface area contributed by atoms with E-state index < -0.39 is 0 Å². The molecule has 0 aliphatic rings. The van der Waals surface area contributed by atoms with E-state index in [1.807, 2.05) is 32.0 Å². The van der Waals surface area contributed by atoms with E-state index in [4.69, 9.17) is 9.47 Å². The number of benzene rings is 1. The van der Waals surface area contributed by atoms with Gasteiger partial charge in [-0.2, -0.15) is 0 Å². The van der Waals surface area contributed by atoms with Crippen LogP contribution in [0.3, 0.4) is 0 Å². The van der Waals surface area contributed by atoms with Gasteiger partial charge in [0.2, 0.25) is 5.91 Å². The lowest BCUT2D eigenvalue weighted by molar-refractivity contribution is -0.120. The second-order valence-corrected chi connectivity index (χ2v) is 5.18. The first-order valence-electron chi connectivity index (χ1n) is 7.48. The molecule has 1 aromatic rings. The van der Waals surface area contributed by atoms with Gasteiger partial charge in [0.1, 0.15) is 6.61 Å². The number of amides is 1. The first-order chi connectivity index (χ1) is 10.6. The van der Waals surface area contributed by atoms with Crippen LogP contribution in [0.25, 0.3) is 0 Å². The number of methoxy groups -OCH3 is 1. The summed E-state index contributed by atoms with van der Waals surface area (Å²) >= 11 is 0. The second-order valence-electron chi connectivity index (χ2n) is 5.18. The van der Waals surface area contributed by atoms with Gasteiger partial charge in [0, 0.05) is 13.1 Å². The largest absolute Gasteiger partial charge is 0.493 e. The summed E-state index contributed by atoms with van der Waals surface area (Å²) in [7, 11) is 1.61. The van der Waals surface area contributed by atoms with Gasteiger partial charge in [-0.3, -0.25) is 4.79 Å². The molecule has 0 heterocycles. The Morgan fingerprint density at radius 2 is 2.09 bits per heavy atom. The van der Waals surface area contributed by atoms with Crippen LogP contribution in [0.15, 0.2) is 30.4 Å². The number of nitrogens with one attached hydrogen (secondary N) is 2. The third-order valence-electron chi connectivity index (χ3n) is 2.89. The number of ether oxygens (including phenoxy) is 2. The molecule has 0 radical (unpaired) electrons. The lowest BCUT2D eigenvalue weighted by Gasteiger charge is -2.13. The van der Waals surface area contributed by atoms with E-state index in [-0.39, 0.29) is 5.91 Å². The van der Waals surface area contributed by atoms with Crippen molar-refractivity contribution in [1.29, 1.82) is 0 Å². The van der Waals surface area contributed by atoms with Crippen LogP contribution in [0, 0.1) is 0 Å².